The molecule has 25 heavy (non-hydrogen) atoms. The molecule has 2 aromatic rings. The summed E-state index contributed by atoms with van der Waals surface area (Å²) in [6.07, 6.45) is 3.12. The molecule has 8 heteroatoms. The molecule has 1 aromatic heterocycles. The Morgan fingerprint density at radius 2 is 2.12 bits per heavy atom. The molecule has 2 N–H and O–H groups in total. The number of nitrogens with zero attached hydrogens (tertiary/aromatic N) is 3. The highest BCUT2D eigenvalue weighted by Gasteiger charge is 2.34. The number of ether oxygens (including phenoxy) is 1. The van der Waals surface area contributed by atoms with Crippen LogP contribution in [0.1, 0.15) is 0 Å². The summed E-state index contributed by atoms with van der Waals surface area (Å²) in [7, 11) is 0. The number of halogens is 1. The summed E-state index contributed by atoms with van der Waals surface area (Å²) < 4.78 is 18.2. The van der Waals surface area contributed by atoms with Gasteiger partial charge in [0, 0.05) is 31.8 Å². The normalized spacial score (nSPS) is 19.7. The van der Waals surface area contributed by atoms with Crippen molar-refractivity contribution in [3.05, 3.63) is 48.7 Å². The largest absolute Gasteiger partial charge is 0.484 e. The van der Waals surface area contributed by atoms with Gasteiger partial charge in [0.1, 0.15) is 23.7 Å². The second kappa shape index (κ2) is 7.89. The van der Waals surface area contributed by atoms with Crippen molar-refractivity contribution in [3.63, 3.8) is 0 Å². The zero-order valence-corrected chi connectivity index (χ0v) is 13.5. The second-order valence-electron chi connectivity index (χ2n) is 5.83. The van der Waals surface area contributed by atoms with Gasteiger partial charge in [-0.3, -0.25) is 4.79 Å². The first kappa shape index (κ1) is 17.1. The third-order valence-electron chi connectivity index (χ3n) is 4.10. The number of hydrogen-bond acceptors (Lipinski definition) is 6. The van der Waals surface area contributed by atoms with Crippen LogP contribution < -0.4 is 15.0 Å². The van der Waals surface area contributed by atoms with Crippen LogP contribution in [-0.4, -0.2) is 53.3 Å². The van der Waals surface area contributed by atoms with Gasteiger partial charge in [-0.05, 0) is 30.3 Å². The molecule has 0 spiro atoms. The molecule has 0 radical (unpaired) electrons. The van der Waals surface area contributed by atoms with Crippen LogP contribution in [0.15, 0.2) is 42.9 Å². The first-order valence-electron chi connectivity index (χ1n) is 7.95. The average molecular weight is 346 g/mol. The fourth-order valence-corrected chi connectivity index (χ4v) is 2.81. The van der Waals surface area contributed by atoms with Crippen LogP contribution in [0.25, 0.3) is 0 Å². The van der Waals surface area contributed by atoms with E-state index in [0.29, 0.717) is 18.8 Å². The van der Waals surface area contributed by atoms with Gasteiger partial charge >= 0.3 is 0 Å². The molecule has 132 valence electrons. The Morgan fingerprint density at radius 1 is 1.32 bits per heavy atom. The molecule has 3 rings (SSSR count). The third kappa shape index (κ3) is 4.42. The lowest BCUT2D eigenvalue weighted by Crippen LogP contribution is -2.43. The summed E-state index contributed by atoms with van der Waals surface area (Å²) in [4.78, 5) is 22.2. The minimum atomic E-state index is -0.363. The molecule has 1 amide bonds. The van der Waals surface area contributed by atoms with Gasteiger partial charge in [-0.2, -0.15) is 0 Å². The van der Waals surface area contributed by atoms with Gasteiger partial charge < -0.3 is 20.1 Å². The second-order valence-corrected chi connectivity index (χ2v) is 5.83. The summed E-state index contributed by atoms with van der Waals surface area (Å²) in [5, 5.41) is 12.4. The van der Waals surface area contributed by atoms with Crippen molar-refractivity contribution < 1.29 is 19.0 Å². The molecule has 1 saturated heterocycles. The number of carbonyl (C=O) groups is 1. The Kier molecular flexibility index (Phi) is 5.39. The lowest BCUT2D eigenvalue weighted by molar-refractivity contribution is -0.124. The Balaban J connectivity index is 1.53. The van der Waals surface area contributed by atoms with Gasteiger partial charge in [0.25, 0.3) is 5.91 Å². The maximum Gasteiger partial charge on any atom is 0.258 e. The third-order valence-corrected chi connectivity index (χ3v) is 4.10. The number of amides is 1. The minimum Gasteiger partial charge on any atom is -0.484 e. The van der Waals surface area contributed by atoms with Crippen LogP contribution in [-0.2, 0) is 4.79 Å². The number of aliphatic hydroxyl groups excluding tert-OH is 1. The van der Waals surface area contributed by atoms with E-state index in [4.69, 9.17) is 4.74 Å². The number of aromatic nitrogens is 2. The average Bonchev–Trinajstić information content (AvgIpc) is 3.05. The van der Waals surface area contributed by atoms with E-state index < -0.39 is 0 Å². The monoisotopic (exact) mass is 346 g/mol. The topological polar surface area (TPSA) is 87.6 Å². The summed E-state index contributed by atoms with van der Waals surface area (Å²) in [5.41, 5.74) is 0. The molecule has 0 saturated carbocycles. The fraction of sp³-hybridized carbons (Fsp3) is 0.353. The number of nitrogens with one attached hydrogen (secondary N) is 1. The number of aliphatic hydroxyl groups is 1. The van der Waals surface area contributed by atoms with Crippen LogP contribution in [0.4, 0.5) is 10.2 Å². The molecular weight excluding hydrogens is 327 g/mol. The molecule has 0 unspecified atom stereocenters. The maximum atomic E-state index is 12.8. The lowest BCUT2D eigenvalue weighted by Gasteiger charge is -2.18. The highest BCUT2D eigenvalue weighted by Crippen LogP contribution is 2.21. The van der Waals surface area contributed by atoms with E-state index in [1.54, 1.807) is 12.3 Å². The molecule has 1 aliphatic heterocycles. The molecule has 0 aliphatic carbocycles. The lowest BCUT2D eigenvalue weighted by atomic mass is 10.1. The van der Waals surface area contributed by atoms with Crippen LogP contribution in [0.3, 0.4) is 0 Å². The van der Waals surface area contributed by atoms with Crippen LogP contribution in [0.2, 0.25) is 0 Å². The van der Waals surface area contributed by atoms with E-state index in [2.05, 4.69) is 15.3 Å². The Hall–Kier alpha value is -2.74. The van der Waals surface area contributed by atoms with E-state index in [1.165, 1.54) is 30.6 Å². The van der Waals surface area contributed by atoms with Crippen molar-refractivity contribution in [2.75, 3.05) is 31.2 Å². The van der Waals surface area contributed by atoms with Crippen molar-refractivity contribution in [3.8, 4) is 5.75 Å². The van der Waals surface area contributed by atoms with Gasteiger partial charge in [0.2, 0.25) is 0 Å². The van der Waals surface area contributed by atoms with Crippen molar-refractivity contribution in [2.24, 2.45) is 5.92 Å². The number of hydrogen-bond donors (Lipinski definition) is 2. The van der Waals surface area contributed by atoms with Crippen LogP contribution >= 0.6 is 0 Å². The highest BCUT2D eigenvalue weighted by molar-refractivity contribution is 5.78. The van der Waals surface area contributed by atoms with Gasteiger partial charge in [-0.25, -0.2) is 14.4 Å². The molecular formula is C17H19FN4O3. The van der Waals surface area contributed by atoms with E-state index in [1.807, 2.05) is 4.90 Å². The number of carbonyl (C=O) groups excluding carboxylic acids is 1. The SMILES string of the molecule is O=C(COc1ccc(F)cc1)N[C@@H]1CN(c2ccncn2)C[C@H]1CO. The molecule has 7 nitrogen and oxygen atoms in total. The number of anilines is 1. The predicted molar refractivity (Wildman–Crippen MR) is 88.6 cm³/mol. The highest BCUT2D eigenvalue weighted by atomic mass is 19.1. The standard InChI is InChI=1S/C17H19FN4O3/c18-13-1-3-14(4-2-13)25-10-17(24)21-15-8-22(7-12(15)9-23)16-5-6-19-11-20-16/h1-6,11-12,15,23H,7-10H2,(H,21,24)/t12-,15+/m0/s1. The van der Waals surface area contributed by atoms with Crippen molar-refractivity contribution in [2.45, 2.75) is 6.04 Å². The van der Waals surface area contributed by atoms with Crippen molar-refractivity contribution >= 4 is 11.7 Å². The summed E-state index contributed by atoms with van der Waals surface area (Å²) >= 11 is 0. The Bertz CT molecular complexity index is 699. The number of benzene rings is 1. The summed E-state index contributed by atoms with van der Waals surface area (Å²) in [5.74, 6) is 0.428. The molecule has 1 aromatic carbocycles. The van der Waals surface area contributed by atoms with E-state index in [-0.39, 0.29) is 36.9 Å². The first-order valence-corrected chi connectivity index (χ1v) is 7.95. The smallest absolute Gasteiger partial charge is 0.258 e. The molecule has 2 heterocycles. The molecule has 2 atom stereocenters. The van der Waals surface area contributed by atoms with Crippen molar-refractivity contribution in [1.82, 2.24) is 15.3 Å². The van der Waals surface area contributed by atoms with Crippen LogP contribution in [0, 0.1) is 11.7 Å². The van der Waals surface area contributed by atoms with Gasteiger partial charge in [0.05, 0.1) is 6.04 Å². The Morgan fingerprint density at radius 3 is 2.80 bits per heavy atom. The van der Waals surface area contributed by atoms with Gasteiger partial charge in [0.15, 0.2) is 6.61 Å². The van der Waals surface area contributed by atoms with Crippen LogP contribution in [0.5, 0.6) is 5.75 Å². The fourth-order valence-electron chi connectivity index (χ4n) is 2.81. The molecule has 1 fully saturated rings. The number of rotatable bonds is 6. The zero-order chi connectivity index (χ0) is 17.6. The van der Waals surface area contributed by atoms with Crippen molar-refractivity contribution in [1.29, 1.82) is 0 Å². The Labute approximate surface area is 144 Å². The van der Waals surface area contributed by atoms with E-state index >= 15 is 0 Å². The first-order chi connectivity index (χ1) is 12.2. The maximum absolute atomic E-state index is 12.8. The van der Waals surface area contributed by atoms with E-state index in [0.717, 1.165) is 5.82 Å². The minimum absolute atomic E-state index is 0.0364. The molecule has 0 bridgehead atoms. The molecule has 1 aliphatic rings. The van der Waals surface area contributed by atoms with E-state index in [9.17, 15) is 14.3 Å². The predicted octanol–water partition coefficient (Wildman–Crippen LogP) is 0.608. The zero-order valence-electron chi connectivity index (χ0n) is 13.5. The van der Waals surface area contributed by atoms with Gasteiger partial charge in [-0.15, -0.1) is 0 Å². The summed E-state index contributed by atoms with van der Waals surface area (Å²) in [6, 6.07) is 7.05. The van der Waals surface area contributed by atoms with Gasteiger partial charge in [-0.1, -0.05) is 0 Å². The quantitative estimate of drug-likeness (QED) is 0.797. The summed E-state index contributed by atoms with van der Waals surface area (Å²) in [6.45, 7) is 0.931.